The van der Waals surface area contributed by atoms with Gasteiger partial charge >= 0.3 is 12.1 Å². The van der Waals surface area contributed by atoms with Crippen molar-refractivity contribution in [3.8, 4) is 0 Å². The highest BCUT2D eigenvalue weighted by Crippen LogP contribution is 2.05. The maximum absolute atomic E-state index is 11.6. The molecule has 0 aromatic heterocycles. The number of amides is 1. The molecule has 0 aliphatic rings. The first kappa shape index (κ1) is 39.7. The second kappa shape index (κ2) is 32.1. The minimum atomic E-state index is -0.470. The topological polar surface area (TPSA) is 129 Å². The van der Waals surface area contributed by atoms with Gasteiger partial charge in [0.25, 0.3) is 0 Å². The summed E-state index contributed by atoms with van der Waals surface area (Å²) in [6.07, 6.45) is 5.59. The van der Waals surface area contributed by atoms with Gasteiger partial charge in [-0.25, -0.2) is 4.79 Å². The van der Waals surface area contributed by atoms with Crippen molar-refractivity contribution in [2.24, 2.45) is 0 Å². The van der Waals surface area contributed by atoms with E-state index in [9.17, 15) is 9.59 Å². The van der Waals surface area contributed by atoms with E-state index < -0.39 is 6.09 Å². The van der Waals surface area contributed by atoms with Gasteiger partial charge in [-0.2, -0.15) is 0 Å². The number of carbonyl (C=O) groups excluding carboxylic acids is 2. The van der Waals surface area contributed by atoms with Crippen LogP contribution in [0.2, 0.25) is 0 Å². The van der Waals surface area contributed by atoms with Gasteiger partial charge in [-0.1, -0.05) is 62.9 Å². The summed E-state index contributed by atoms with van der Waals surface area (Å²) >= 11 is 0. The van der Waals surface area contributed by atoms with Crippen LogP contribution in [0.1, 0.15) is 51.0 Å². The van der Waals surface area contributed by atoms with E-state index >= 15 is 0 Å². The van der Waals surface area contributed by atoms with E-state index in [1.54, 1.807) is 0 Å². The Kier molecular flexibility index (Phi) is 29.0. The lowest BCUT2D eigenvalue weighted by Crippen LogP contribution is -2.28. The molecule has 254 valence electrons. The third kappa shape index (κ3) is 28.5. The molecule has 0 heterocycles. The molecule has 0 spiro atoms. The molecule has 12 nitrogen and oxygen atoms in total. The fourth-order valence-electron chi connectivity index (χ4n) is 3.58. The van der Waals surface area contributed by atoms with Crippen LogP contribution >= 0.6 is 0 Å². The number of alkyl carbamates (subject to hydrolysis) is 1. The van der Waals surface area contributed by atoms with Crippen LogP contribution in [0.15, 0.2) is 30.3 Å². The maximum atomic E-state index is 11.6. The Labute approximate surface area is 263 Å². The summed E-state index contributed by atoms with van der Waals surface area (Å²) in [6.45, 7) is 9.43. The zero-order chi connectivity index (χ0) is 31.6. The first-order valence-corrected chi connectivity index (χ1v) is 15.9. The van der Waals surface area contributed by atoms with Crippen molar-refractivity contribution >= 4 is 12.1 Å². The van der Waals surface area contributed by atoms with Crippen molar-refractivity contribution in [2.45, 2.75) is 52.1 Å². The molecule has 1 N–H and O–H groups in total. The highest BCUT2D eigenvalue weighted by molar-refractivity contribution is 5.69. The van der Waals surface area contributed by atoms with Crippen LogP contribution in [0.3, 0.4) is 0 Å². The van der Waals surface area contributed by atoms with Gasteiger partial charge < -0.3 is 47.9 Å². The number of esters is 1. The van der Waals surface area contributed by atoms with Gasteiger partial charge in [-0.3, -0.25) is 4.79 Å². The highest BCUT2D eigenvalue weighted by Gasteiger charge is 2.03. The van der Waals surface area contributed by atoms with E-state index in [1.165, 1.54) is 19.3 Å². The fourth-order valence-corrected chi connectivity index (χ4v) is 3.58. The molecule has 1 amide bonds. The summed E-state index contributed by atoms with van der Waals surface area (Å²) in [4.78, 5) is 23.2. The zero-order valence-corrected chi connectivity index (χ0v) is 26.6. The number of unbranched alkanes of at least 4 members (excludes halogenated alkanes) is 4. The first-order valence-electron chi connectivity index (χ1n) is 15.9. The molecule has 0 aliphatic carbocycles. The van der Waals surface area contributed by atoms with Crippen LogP contribution in [0.25, 0.3) is 0 Å². The van der Waals surface area contributed by atoms with Gasteiger partial charge in [0.1, 0.15) is 13.2 Å². The molecule has 0 saturated heterocycles. The number of hydrogen-bond acceptors (Lipinski definition) is 11. The Balaban J connectivity index is 1.67. The van der Waals surface area contributed by atoms with Crippen molar-refractivity contribution in [2.75, 3.05) is 106 Å². The molecule has 44 heavy (non-hydrogen) atoms. The van der Waals surface area contributed by atoms with Crippen molar-refractivity contribution in [3.05, 3.63) is 35.9 Å². The zero-order valence-electron chi connectivity index (χ0n) is 26.6. The summed E-state index contributed by atoms with van der Waals surface area (Å²) in [7, 11) is 0. The maximum Gasteiger partial charge on any atom is 0.407 e. The standard InChI is InChI=1S/C32H55NO11/c1-2-3-4-5-9-12-31(34)43-28-27-42-26-25-41-24-23-40-22-21-39-20-19-38-18-17-37-16-15-36-14-13-33-32(35)44-29-30-10-7-6-8-11-30/h6-8,10-11H,2-5,9,12-29H2,1H3,(H,33,35). The number of rotatable bonds is 32. The predicted molar refractivity (Wildman–Crippen MR) is 165 cm³/mol. The quantitative estimate of drug-likeness (QED) is 0.0919. The first-order chi connectivity index (χ1) is 21.7. The van der Waals surface area contributed by atoms with Crippen molar-refractivity contribution in [3.63, 3.8) is 0 Å². The second-order valence-electron chi connectivity index (χ2n) is 9.66. The third-order valence-electron chi connectivity index (χ3n) is 5.94. The Morgan fingerprint density at radius 3 is 1.50 bits per heavy atom. The summed E-state index contributed by atoms with van der Waals surface area (Å²) < 4.78 is 48.3. The molecule has 0 bridgehead atoms. The molecule has 1 aromatic carbocycles. The van der Waals surface area contributed by atoms with Crippen LogP contribution < -0.4 is 5.32 Å². The Morgan fingerprint density at radius 2 is 1.00 bits per heavy atom. The van der Waals surface area contributed by atoms with Crippen LogP contribution in [0.5, 0.6) is 0 Å². The largest absolute Gasteiger partial charge is 0.463 e. The molecule has 0 unspecified atom stereocenters. The van der Waals surface area contributed by atoms with E-state index in [0.717, 1.165) is 18.4 Å². The molecule has 1 rings (SSSR count). The predicted octanol–water partition coefficient (Wildman–Crippen LogP) is 3.93. The number of ether oxygens (including phenoxy) is 9. The molecule has 1 aromatic rings. The Morgan fingerprint density at radius 1 is 0.545 bits per heavy atom. The molecular formula is C32H55NO11. The van der Waals surface area contributed by atoms with Gasteiger partial charge in [0.15, 0.2) is 0 Å². The van der Waals surface area contributed by atoms with Crippen molar-refractivity contribution in [1.82, 2.24) is 5.32 Å². The van der Waals surface area contributed by atoms with Gasteiger partial charge in [0.2, 0.25) is 0 Å². The molecule has 0 aliphatic heterocycles. The minimum Gasteiger partial charge on any atom is -0.463 e. The lowest BCUT2D eigenvalue weighted by molar-refractivity contribution is -0.145. The van der Waals surface area contributed by atoms with Crippen LogP contribution in [0.4, 0.5) is 4.79 Å². The molecule has 0 saturated carbocycles. The van der Waals surface area contributed by atoms with Gasteiger partial charge in [-0.05, 0) is 12.0 Å². The van der Waals surface area contributed by atoms with E-state index in [0.29, 0.717) is 105 Å². The average molecular weight is 630 g/mol. The summed E-state index contributed by atoms with van der Waals surface area (Å²) in [5.74, 6) is -0.151. The van der Waals surface area contributed by atoms with E-state index in [4.69, 9.17) is 42.6 Å². The average Bonchev–Trinajstić information content (AvgIpc) is 3.04. The Bertz CT molecular complexity index is 770. The SMILES string of the molecule is CCCCCCCC(=O)OCCOCCOCCOCCOCCOCCOCCOCCNC(=O)OCc1ccccc1. The lowest BCUT2D eigenvalue weighted by atomic mass is 10.1. The second-order valence-corrected chi connectivity index (χ2v) is 9.66. The molecule has 0 atom stereocenters. The van der Waals surface area contributed by atoms with Crippen LogP contribution in [-0.4, -0.2) is 118 Å². The fraction of sp³-hybridized carbons (Fsp3) is 0.750. The van der Waals surface area contributed by atoms with Gasteiger partial charge in [-0.15, -0.1) is 0 Å². The summed E-state index contributed by atoms with van der Waals surface area (Å²) in [6, 6.07) is 9.50. The smallest absolute Gasteiger partial charge is 0.407 e. The summed E-state index contributed by atoms with van der Waals surface area (Å²) in [5, 5.41) is 2.64. The van der Waals surface area contributed by atoms with Crippen molar-refractivity contribution < 1.29 is 52.2 Å². The van der Waals surface area contributed by atoms with Gasteiger partial charge in [0, 0.05) is 13.0 Å². The molecule has 0 fully saturated rings. The number of benzene rings is 1. The molecule has 0 radical (unpaired) electrons. The monoisotopic (exact) mass is 629 g/mol. The molecular weight excluding hydrogens is 574 g/mol. The van der Waals surface area contributed by atoms with Gasteiger partial charge in [0.05, 0.1) is 92.5 Å². The van der Waals surface area contributed by atoms with Crippen LogP contribution in [0, 0.1) is 0 Å². The number of hydrogen-bond donors (Lipinski definition) is 1. The lowest BCUT2D eigenvalue weighted by Gasteiger charge is -2.09. The van der Waals surface area contributed by atoms with Crippen molar-refractivity contribution in [1.29, 1.82) is 0 Å². The normalized spacial score (nSPS) is 11.0. The van der Waals surface area contributed by atoms with E-state index in [2.05, 4.69) is 12.2 Å². The highest BCUT2D eigenvalue weighted by atomic mass is 16.6. The summed E-state index contributed by atoms with van der Waals surface area (Å²) in [5.41, 5.74) is 0.937. The van der Waals surface area contributed by atoms with E-state index in [-0.39, 0.29) is 19.2 Å². The molecule has 12 heteroatoms. The van der Waals surface area contributed by atoms with E-state index in [1.807, 2.05) is 30.3 Å². The number of carbonyl (C=O) groups is 2. The van der Waals surface area contributed by atoms with Crippen LogP contribution in [-0.2, 0) is 54.0 Å². The Hall–Kier alpha value is -2.32. The number of nitrogens with one attached hydrogen (secondary N) is 1. The minimum absolute atomic E-state index is 0.151. The third-order valence-corrected chi connectivity index (χ3v) is 5.94.